The highest BCUT2D eigenvalue weighted by atomic mass is 16.5. The number of aromatic nitrogens is 1. The smallest absolute Gasteiger partial charge is 0.317 e. The molecular formula is C13H17NO4. The first-order valence-corrected chi connectivity index (χ1v) is 5.79. The topological polar surface area (TPSA) is 61.6 Å². The van der Waals surface area contributed by atoms with Crippen LogP contribution in [0.1, 0.15) is 32.4 Å². The average Bonchev–Trinajstić information content (AvgIpc) is 2.75. The highest BCUT2D eigenvalue weighted by Crippen LogP contribution is 2.28. The molecule has 5 heteroatoms. The Balaban J connectivity index is 2.83. The van der Waals surface area contributed by atoms with Gasteiger partial charge in [0.25, 0.3) is 5.88 Å². The van der Waals surface area contributed by atoms with E-state index < -0.39 is 5.92 Å². The van der Waals surface area contributed by atoms with E-state index >= 15 is 0 Å². The maximum atomic E-state index is 11.8. The summed E-state index contributed by atoms with van der Waals surface area (Å²) >= 11 is 0. The zero-order chi connectivity index (χ0) is 13.5. The predicted octanol–water partition coefficient (Wildman–Crippen LogP) is 1.99. The Morgan fingerprint density at radius 1 is 1.61 bits per heavy atom. The molecule has 0 bridgehead atoms. The van der Waals surface area contributed by atoms with E-state index in [4.69, 9.17) is 20.4 Å². The first kappa shape index (κ1) is 14.1. The molecule has 0 N–H and O–H groups in total. The molecule has 0 saturated carbocycles. The molecule has 18 heavy (non-hydrogen) atoms. The molecule has 0 radical (unpaired) electrons. The van der Waals surface area contributed by atoms with Gasteiger partial charge in [-0.25, -0.2) is 0 Å². The van der Waals surface area contributed by atoms with Crippen molar-refractivity contribution in [2.24, 2.45) is 5.92 Å². The fourth-order valence-corrected chi connectivity index (χ4v) is 1.55. The minimum absolute atomic E-state index is 0.0393. The van der Waals surface area contributed by atoms with Crippen molar-refractivity contribution in [3.8, 4) is 18.2 Å². The summed E-state index contributed by atoms with van der Waals surface area (Å²) in [7, 11) is 0. The Morgan fingerprint density at radius 2 is 2.33 bits per heavy atom. The second kappa shape index (κ2) is 6.70. The highest BCUT2D eigenvalue weighted by molar-refractivity contribution is 5.77. The van der Waals surface area contributed by atoms with Gasteiger partial charge in [-0.2, -0.15) is 0 Å². The molecule has 98 valence electrons. The van der Waals surface area contributed by atoms with Crippen LogP contribution in [0.3, 0.4) is 0 Å². The Morgan fingerprint density at radius 3 is 2.89 bits per heavy atom. The average molecular weight is 251 g/mol. The quantitative estimate of drug-likeness (QED) is 0.571. The second-order valence-electron chi connectivity index (χ2n) is 4.03. The number of carbonyl (C=O) groups excluding carboxylic acids is 1. The first-order chi connectivity index (χ1) is 8.60. The van der Waals surface area contributed by atoms with E-state index in [0.29, 0.717) is 12.4 Å². The van der Waals surface area contributed by atoms with Crippen LogP contribution in [0, 0.1) is 18.3 Å². The number of hydrogen-bond donors (Lipinski definition) is 0. The van der Waals surface area contributed by atoms with E-state index in [1.807, 2.05) is 13.8 Å². The van der Waals surface area contributed by atoms with Crippen molar-refractivity contribution >= 4 is 5.97 Å². The number of hydrogen-bond acceptors (Lipinski definition) is 5. The largest absolute Gasteiger partial charge is 0.465 e. The maximum absolute atomic E-state index is 11.8. The van der Waals surface area contributed by atoms with Crippen molar-refractivity contribution in [3.05, 3.63) is 11.8 Å². The highest BCUT2D eigenvalue weighted by Gasteiger charge is 2.29. The summed E-state index contributed by atoms with van der Waals surface area (Å²) in [5, 5.41) is 3.70. The lowest BCUT2D eigenvalue weighted by Gasteiger charge is -2.15. The molecule has 0 aliphatic rings. The fraction of sp³-hybridized carbons (Fsp3) is 0.538. The molecule has 0 aromatic carbocycles. The monoisotopic (exact) mass is 251 g/mol. The molecule has 5 nitrogen and oxygen atoms in total. The molecular weight excluding hydrogens is 234 g/mol. The van der Waals surface area contributed by atoms with Crippen molar-refractivity contribution in [1.82, 2.24) is 5.16 Å². The first-order valence-electron chi connectivity index (χ1n) is 5.79. The van der Waals surface area contributed by atoms with Gasteiger partial charge in [-0.15, -0.1) is 6.42 Å². The molecule has 1 aromatic rings. The SMILES string of the molecule is C#CCOc1cc(C(C(=O)OCC)C(C)C)on1. The van der Waals surface area contributed by atoms with E-state index in [2.05, 4.69) is 11.1 Å². The number of ether oxygens (including phenoxy) is 2. The Bertz CT molecular complexity index is 430. The zero-order valence-electron chi connectivity index (χ0n) is 10.8. The van der Waals surface area contributed by atoms with Crippen molar-refractivity contribution in [1.29, 1.82) is 0 Å². The molecule has 1 aromatic heterocycles. The number of nitrogens with zero attached hydrogens (tertiary/aromatic N) is 1. The summed E-state index contributed by atoms with van der Waals surface area (Å²) < 4.78 is 15.2. The summed E-state index contributed by atoms with van der Waals surface area (Å²) in [6.07, 6.45) is 5.07. The van der Waals surface area contributed by atoms with Gasteiger partial charge in [0.1, 0.15) is 5.92 Å². The molecule has 0 amide bonds. The lowest BCUT2D eigenvalue weighted by molar-refractivity contribution is -0.146. The van der Waals surface area contributed by atoms with Crippen LogP contribution in [0.4, 0.5) is 0 Å². The van der Waals surface area contributed by atoms with Crippen molar-refractivity contribution in [2.45, 2.75) is 26.7 Å². The molecule has 0 saturated heterocycles. The molecule has 0 aliphatic carbocycles. The summed E-state index contributed by atoms with van der Waals surface area (Å²) in [6, 6.07) is 1.57. The second-order valence-corrected chi connectivity index (χ2v) is 4.03. The van der Waals surface area contributed by atoms with Gasteiger partial charge >= 0.3 is 5.97 Å². The van der Waals surface area contributed by atoms with Crippen molar-refractivity contribution < 1.29 is 18.8 Å². The number of terminal acetylenes is 1. The molecule has 1 rings (SSSR count). The minimum Gasteiger partial charge on any atom is -0.465 e. The van der Waals surface area contributed by atoms with Crippen LogP contribution < -0.4 is 4.74 Å². The normalized spacial score (nSPS) is 11.9. The Hall–Kier alpha value is -1.96. The molecule has 1 heterocycles. The van der Waals surface area contributed by atoms with Gasteiger partial charge in [-0.3, -0.25) is 4.79 Å². The lowest BCUT2D eigenvalue weighted by Crippen LogP contribution is -2.20. The van der Waals surface area contributed by atoms with E-state index in [0.717, 1.165) is 0 Å². The van der Waals surface area contributed by atoms with Gasteiger partial charge < -0.3 is 14.0 Å². The zero-order valence-corrected chi connectivity index (χ0v) is 10.8. The van der Waals surface area contributed by atoms with Crippen LogP contribution in [-0.2, 0) is 9.53 Å². The number of rotatable bonds is 6. The third-order valence-corrected chi connectivity index (χ3v) is 2.32. The van der Waals surface area contributed by atoms with Gasteiger partial charge in [-0.1, -0.05) is 19.8 Å². The summed E-state index contributed by atoms with van der Waals surface area (Å²) in [5.41, 5.74) is 0. The van der Waals surface area contributed by atoms with Gasteiger partial charge in [0.15, 0.2) is 12.4 Å². The van der Waals surface area contributed by atoms with Crippen LogP contribution in [0.25, 0.3) is 0 Å². The van der Waals surface area contributed by atoms with Gasteiger partial charge in [0.05, 0.1) is 6.61 Å². The Labute approximate surface area is 106 Å². The van der Waals surface area contributed by atoms with E-state index in [1.54, 1.807) is 13.0 Å². The lowest BCUT2D eigenvalue weighted by atomic mass is 9.93. The summed E-state index contributed by atoms with van der Waals surface area (Å²) in [6.45, 7) is 6.02. The van der Waals surface area contributed by atoms with Crippen LogP contribution in [0.2, 0.25) is 0 Å². The van der Waals surface area contributed by atoms with Crippen LogP contribution in [0.15, 0.2) is 10.6 Å². The molecule has 0 spiro atoms. The van der Waals surface area contributed by atoms with Crippen LogP contribution >= 0.6 is 0 Å². The number of esters is 1. The predicted molar refractivity (Wildman–Crippen MR) is 65.0 cm³/mol. The number of carbonyl (C=O) groups is 1. The van der Waals surface area contributed by atoms with Gasteiger partial charge in [0.2, 0.25) is 0 Å². The molecule has 1 unspecified atom stereocenters. The standard InChI is InChI=1S/C13H17NO4/c1-5-7-17-11-8-10(18-14-11)12(9(3)4)13(15)16-6-2/h1,8-9,12H,6-7H2,2-4H3. The van der Waals surface area contributed by atoms with E-state index in [9.17, 15) is 4.79 Å². The molecule has 0 aliphatic heterocycles. The maximum Gasteiger partial charge on any atom is 0.317 e. The summed E-state index contributed by atoms with van der Waals surface area (Å²) in [5.74, 6) is 2.25. The fourth-order valence-electron chi connectivity index (χ4n) is 1.55. The van der Waals surface area contributed by atoms with Crippen LogP contribution in [0.5, 0.6) is 5.88 Å². The van der Waals surface area contributed by atoms with Crippen molar-refractivity contribution in [2.75, 3.05) is 13.2 Å². The van der Waals surface area contributed by atoms with Gasteiger partial charge in [0, 0.05) is 6.07 Å². The van der Waals surface area contributed by atoms with Crippen LogP contribution in [-0.4, -0.2) is 24.3 Å². The van der Waals surface area contributed by atoms with Gasteiger partial charge in [-0.05, 0) is 18.0 Å². The van der Waals surface area contributed by atoms with E-state index in [1.165, 1.54) is 0 Å². The van der Waals surface area contributed by atoms with E-state index in [-0.39, 0.29) is 24.4 Å². The molecule has 1 atom stereocenters. The molecule has 0 fully saturated rings. The van der Waals surface area contributed by atoms with Crippen molar-refractivity contribution in [3.63, 3.8) is 0 Å². The summed E-state index contributed by atoms with van der Waals surface area (Å²) in [4.78, 5) is 11.8. The third-order valence-electron chi connectivity index (χ3n) is 2.32. The minimum atomic E-state index is -0.486. The third kappa shape index (κ3) is 3.52. The Kier molecular flexibility index (Phi) is 5.25.